The molecule has 0 amide bonds. The number of aryl methyl sites for hydroxylation is 2. The zero-order valence-corrected chi connectivity index (χ0v) is 12.4. The van der Waals surface area contributed by atoms with Crippen molar-refractivity contribution in [1.82, 2.24) is 15.1 Å². The summed E-state index contributed by atoms with van der Waals surface area (Å²) in [7, 11) is 5.79. The van der Waals surface area contributed by atoms with E-state index in [-0.39, 0.29) is 5.82 Å². The van der Waals surface area contributed by atoms with Crippen LogP contribution >= 0.6 is 0 Å². The molecular formula is C15H21FN4. The highest BCUT2D eigenvalue weighted by molar-refractivity contribution is 5.50. The summed E-state index contributed by atoms with van der Waals surface area (Å²) in [5.41, 5.74) is 2.83. The van der Waals surface area contributed by atoms with Gasteiger partial charge in [-0.1, -0.05) is 18.2 Å². The molecular weight excluding hydrogens is 255 g/mol. The normalized spacial score (nSPS) is 10.8. The van der Waals surface area contributed by atoms with Gasteiger partial charge in [0.05, 0.1) is 5.69 Å². The Morgan fingerprint density at radius 3 is 2.70 bits per heavy atom. The van der Waals surface area contributed by atoms with Crippen LogP contribution in [0.3, 0.4) is 0 Å². The third-order valence-corrected chi connectivity index (χ3v) is 3.39. The van der Waals surface area contributed by atoms with Crippen molar-refractivity contribution in [3.05, 3.63) is 46.9 Å². The molecule has 108 valence electrons. The first-order valence-electron chi connectivity index (χ1n) is 6.66. The fourth-order valence-corrected chi connectivity index (χ4v) is 2.51. The van der Waals surface area contributed by atoms with Gasteiger partial charge < -0.3 is 10.2 Å². The van der Waals surface area contributed by atoms with Crippen LogP contribution in [0.25, 0.3) is 0 Å². The molecule has 2 rings (SSSR count). The summed E-state index contributed by atoms with van der Waals surface area (Å²) in [5, 5.41) is 7.61. The van der Waals surface area contributed by atoms with E-state index in [0.29, 0.717) is 12.1 Å². The number of benzene rings is 1. The Balaban J connectivity index is 2.29. The van der Waals surface area contributed by atoms with Gasteiger partial charge in [0.25, 0.3) is 0 Å². The van der Waals surface area contributed by atoms with E-state index in [2.05, 4.69) is 10.4 Å². The summed E-state index contributed by atoms with van der Waals surface area (Å²) in [4.78, 5) is 2.03. The van der Waals surface area contributed by atoms with Gasteiger partial charge in [-0.25, -0.2) is 4.39 Å². The van der Waals surface area contributed by atoms with Crippen LogP contribution in [0.4, 0.5) is 10.2 Å². The molecule has 0 aliphatic heterocycles. The number of aromatic nitrogens is 2. The fourth-order valence-electron chi connectivity index (χ4n) is 2.51. The second-order valence-electron chi connectivity index (χ2n) is 4.99. The van der Waals surface area contributed by atoms with E-state index < -0.39 is 0 Å². The molecule has 1 aromatic heterocycles. The lowest BCUT2D eigenvalue weighted by molar-refractivity contribution is 0.605. The van der Waals surface area contributed by atoms with E-state index in [4.69, 9.17) is 0 Å². The number of hydrogen-bond acceptors (Lipinski definition) is 3. The zero-order chi connectivity index (χ0) is 14.7. The van der Waals surface area contributed by atoms with Gasteiger partial charge in [0.15, 0.2) is 0 Å². The van der Waals surface area contributed by atoms with Gasteiger partial charge in [0, 0.05) is 38.3 Å². The Labute approximate surface area is 119 Å². The molecule has 0 unspecified atom stereocenters. The zero-order valence-electron chi connectivity index (χ0n) is 12.4. The minimum Gasteiger partial charge on any atom is -0.355 e. The van der Waals surface area contributed by atoms with Gasteiger partial charge in [-0.15, -0.1) is 0 Å². The summed E-state index contributed by atoms with van der Waals surface area (Å²) in [6.45, 7) is 3.26. The molecule has 1 aromatic carbocycles. The van der Waals surface area contributed by atoms with Crippen LogP contribution in [-0.4, -0.2) is 23.9 Å². The van der Waals surface area contributed by atoms with Crippen molar-refractivity contribution in [3.63, 3.8) is 0 Å². The Morgan fingerprint density at radius 2 is 2.05 bits per heavy atom. The molecule has 0 saturated heterocycles. The van der Waals surface area contributed by atoms with E-state index in [1.165, 1.54) is 6.07 Å². The molecule has 1 heterocycles. The molecule has 0 radical (unpaired) electrons. The summed E-state index contributed by atoms with van der Waals surface area (Å²) < 4.78 is 15.6. The van der Waals surface area contributed by atoms with E-state index >= 15 is 0 Å². The first kappa shape index (κ1) is 14.5. The first-order chi connectivity index (χ1) is 9.54. The first-order valence-corrected chi connectivity index (χ1v) is 6.66. The SMILES string of the molecule is CNCc1c(C)nn(C)c1N(C)Cc1ccccc1F. The van der Waals surface area contributed by atoms with Gasteiger partial charge in [0.2, 0.25) is 0 Å². The smallest absolute Gasteiger partial charge is 0.131 e. The van der Waals surface area contributed by atoms with E-state index in [0.717, 1.165) is 23.6 Å². The minimum atomic E-state index is -0.173. The summed E-state index contributed by atoms with van der Waals surface area (Å²) in [5.74, 6) is 0.841. The van der Waals surface area contributed by atoms with Crippen LogP contribution in [0.5, 0.6) is 0 Å². The van der Waals surface area contributed by atoms with Crippen LogP contribution in [0.1, 0.15) is 16.8 Å². The topological polar surface area (TPSA) is 33.1 Å². The Morgan fingerprint density at radius 1 is 1.35 bits per heavy atom. The van der Waals surface area contributed by atoms with Crippen LogP contribution in [0, 0.1) is 12.7 Å². The molecule has 5 heteroatoms. The standard InChI is InChI=1S/C15H21FN4/c1-11-13(9-17-2)15(20(4)18-11)19(3)10-12-7-5-6-8-14(12)16/h5-8,17H,9-10H2,1-4H3. The highest BCUT2D eigenvalue weighted by atomic mass is 19.1. The molecule has 0 aliphatic carbocycles. The number of rotatable bonds is 5. The molecule has 20 heavy (non-hydrogen) atoms. The molecule has 0 fully saturated rings. The second-order valence-corrected chi connectivity index (χ2v) is 4.99. The maximum absolute atomic E-state index is 13.8. The predicted octanol–water partition coefficient (Wildman–Crippen LogP) is 2.22. The molecule has 0 atom stereocenters. The molecule has 4 nitrogen and oxygen atoms in total. The quantitative estimate of drug-likeness (QED) is 0.909. The molecule has 0 spiro atoms. The second kappa shape index (κ2) is 6.05. The number of halogens is 1. The molecule has 0 saturated carbocycles. The average Bonchev–Trinajstić information content (AvgIpc) is 2.67. The molecule has 2 aromatic rings. The predicted molar refractivity (Wildman–Crippen MR) is 79.2 cm³/mol. The third kappa shape index (κ3) is 2.82. The minimum absolute atomic E-state index is 0.173. The van der Waals surface area contributed by atoms with Gasteiger partial charge >= 0.3 is 0 Å². The van der Waals surface area contributed by atoms with Crippen molar-refractivity contribution in [2.24, 2.45) is 7.05 Å². The number of anilines is 1. The van der Waals surface area contributed by atoms with Crippen molar-refractivity contribution in [1.29, 1.82) is 0 Å². The third-order valence-electron chi connectivity index (χ3n) is 3.39. The highest BCUT2D eigenvalue weighted by Crippen LogP contribution is 2.24. The molecule has 0 bridgehead atoms. The highest BCUT2D eigenvalue weighted by Gasteiger charge is 2.17. The van der Waals surface area contributed by atoms with E-state index in [1.54, 1.807) is 6.07 Å². The Hall–Kier alpha value is -1.88. The maximum Gasteiger partial charge on any atom is 0.131 e. The monoisotopic (exact) mass is 276 g/mol. The molecule has 0 aliphatic rings. The van der Waals surface area contributed by atoms with Crippen LogP contribution < -0.4 is 10.2 Å². The molecule has 1 N–H and O–H groups in total. The Bertz CT molecular complexity index is 592. The summed E-state index contributed by atoms with van der Waals surface area (Å²) >= 11 is 0. The Kier molecular flexibility index (Phi) is 4.39. The number of nitrogens with zero attached hydrogens (tertiary/aromatic N) is 3. The van der Waals surface area contributed by atoms with Crippen LogP contribution in [-0.2, 0) is 20.1 Å². The lowest BCUT2D eigenvalue weighted by atomic mass is 10.2. The van der Waals surface area contributed by atoms with Gasteiger partial charge in [-0.3, -0.25) is 4.68 Å². The van der Waals surface area contributed by atoms with Crippen molar-refractivity contribution in [3.8, 4) is 0 Å². The number of nitrogens with one attached hydrogen (secondary N) is 1. The van der Waals surface area contributed by atoms with Crippen molar-refractivity contribution >= 4 is 5.82 Å². The van der Waals surface area contributed by atoms with Crippen molar-refractivity contribution in [2.75, 3.05) is 19.0 Å². The van der Waals surface area contributed by atoms with Crippen LogP contribution in [0.15, 0.2) is 24.3 Å². The lowest BCUT2D eigenvalue weighted by Gasteiger charge is -2.21. The largest absolute Gasteiger partial charge is 0.355 e. The van der Waals surface area contributed by atoms with E-state index in [1.807, 2.05) is 49.8 Å². The van der Waals surface area contributed by atoms with Crippen molar-refractivity contribution in [2.45, 2.75) is 20.0 Å². The van der Waals surface area contributed by atoms with Crippen molar-refractivity contribution < 1.29 is 4.39 Å². The summed E-state index contributed by atoms with van der Waals surface area (Å²) in [6, 6.07) is 6.87. The average molecular weight is 276 g/mol. The number of hydrogen-bond donors (Lipinski definition) is 1. The van der Waals surface area contributed by atoms with E-state index in [9.17, 15) is 4.39 Å². The maximum atomic E-state index is 13.8. The van der Waals surface area contributed by atoms with Gasteiger partial charge in [0.1, 0.15) is 11.6 Å². The van der Waals surface area contributed by atoms with Gasteiger partial charge in [-0.05, 0) is 20.0 Å². The lowest BCUT2D eigenvalue weighted by Crippen LogP contribution is -2.22. The van der Waals surface area contributed by atoms with Gasteiger partial charge in [-0.2, -0.15) is 5.10 Å². The summed E-state index contributed by atoms with van der Waals surface area (Å²) in [6.07, 6.45) is 0. The fraction of sp³-hybridized carbons (Fsp3) is 0.400. The van der Waals surface area contributed by atoms with Crippen LogP contribution in [0.2, 0.25) is 0 Å².